The highest BCUT2D eigenvalue weighted by Gasteiger charge is 2.34. The molecule has 0 aliphatic rings. The van der Waals surface area contributed by atoms with Crippen LogP contribution in [0.2, 0.25) is 5.02 Å². The van der Waals surface area contributed by atoms with Gasteiger partial charge in [0.2, 0.25) is 11.8 Å². The number of nitrogens with one attached hydrogen (secondary N) is 2. The topological polar surface area (TPSA) is 58.2 Å². The highest BCUT2D eigenvalue weighted by atomic mass is 35.5. The Hall–Kier alpha value is -2.54. The summed E-state index contributed by atoms with van der Waals surface area (Å²) in [5.74, 6) is -1.44. The van der Waals surface area contributed by atoms with Gasteiger partial charge in [-0.25, -0.2) is 0 Å². The van der Waals surface area contributed by atoms with Crippen LogP contribution in [0.1, 0.15) is 23.1 Å². The molecule has 0 aromatic heterocycles. The molecule has 26 heavy (non-hydrogen) atoms. The lowest BCUT2D eigenvalue weighted by atomic mass is 10.1. The van der Waals surface area contributed by atoms with E-state index in [0.717, 1.165) is 23.3 Å². The maximum Gasteiger partial charge on any atom is 0.418 e. The average Bonchev–Trinajstić information content (AvgIpc) is 2.54. The molecule has 2 N–H and O–H groups in total. The van der Waals surface area contributed by atoms with E-state index >= 15 is 0 Å². The monoisotopic (exact) mass is 384 g/mol. The van der Waals surface area contributed by atoms with E-state index in [2.05, 4.69) is 10.6 Å². The molecule has 8 heteroatoms. The Morgan fingerprint density at radius 3 is 2.42 bits per heavy atom. The van der Waals surface area contributed by atoms with Crippen molar-refractivity contribution in [3.8, 4) is 0 Å². The summed E-state index contributed by atoms with van der Waals surface area (Å²) < 4.78 is 39.0. The van der Waals surface area contributed by atoms with Crippen LogP contribution in [0.15, 0.2) is 42.5 Å². The van der Waals surface area contributed by atoms with Gasteiger partial charge in [0.15, 0.2) is 0 Å². The van der Waals surface area contributed by atoms with Gasteiger partial charge in [-0.2, -0.15) is 13.2 Å². The Balaban J connectivity index is 1.97. The number of alkyl halides is 3. The first-order valence-electron chi connectivity index (χ1n) is 7.64. The first-order chi connectivity index (χ1) is 12.2. The molecule has 2 amide bonds. The van der Waals surface area contributed by atoms with Crippen LogP contribution in [0.5, 0.6) is 0 Å². The van der Waals surface area contributed by atoms with Crippen molar-refractivity contribution >= 4 is 29.1 Å². The van der Waals surface area contributed by atoms with E-state index in [4.69, 9.17) is 11.6 Å². The van der Waals surface area contributed by atoms with Crippen molar-refractivity contribution < 1.29 is 22.8 Å². The van der Waals surface area contributed by atoms with Gasteiger partial charge in [-0.15, -0.1) is 0 Å². The molecule has 2 aromatic rings. The quantitative estimate of drug-likeness (QED) is 0.754. The summed E-state index contributed by atoms with van der Waals surface area (Å²) in [5.41, 5.74) is 0.351. The molecule has 0 unspecified atom stereocenters. The second-order valence-electron chi connectivity index (χ2n) is 5.62. The number of rotatable bonds is 5. The molecule has 2 rings (SSSR count). The lowest BCUT2D eigenvalue weighted by Gasteiger charge is -2.14. The first kappa shape index (κ1) is 19.8. The molecule has 0 spiro atoms. The highest BCUT2D eigenvalue weighted by Crippen LogP contribution is 2.36. The summed E-state index contributed by atoms with van der Waals surface area (Å²) in [5, 5.41) is 4.57. The minimum Gasteiger partial charge on any atom is -0.352 e. The summed E-state index contributed by atoms with van der Waals surface area (Å²) in [6.45, 7) is 2.11. The molecule has 0 heterocycles. The predicted octanol–water partition coefficient (Wildman–Crippen LogP) is 4.31. The van der Waals surface area contributed by atoms with Crippen molar-refractivity contribution in [2.24, 2.45) is 0 Å². The Kier molecular flexibility index (Phi) is 6.26. The van der Waals surface area contributed by atoms with Crippen LogP contribution in [0.3, 0.4) is 0 Å². The van der Waals surface area contributed by atoms with Crippen LogP contribution in [-0.4, -0.2) is 11.8 Å². The number of carbonyl (C=O) groups is 2. The number of carbonyl (C=O) groups excluding carboxylic acids is 2. The van der Waals surface area contributed by atoms with E-state index in [-0.39, 0.29) is 11.6 Å². The molecule has 0 saturated carbocycles. The van der Waals surface area contributed by atoms with E-state index in [1.54, 1.807) is 0 Å². The number of amides is 2. The van der Waals surface area contributed by atoms with Crippen molar-refractivity contribution in [1.29, 1.82) is 0 Å². The number of aryl methyl sites for hydroxylation is 1. The lowest BCUT2D eigenvalue weighted by Crippen LogP contribution is -2.28. The summed E-state index contributed by atoms with van der Waals surface area (Å²) in [6, 6.07) is 10.4. The van der Waals surface area contributed by atoms with Crippen molar-refractivity contribution in [3.63, 3.8) is 0 Å². The predicted molar refractivity (Wildman–Crippen MR) is 92.7 cm³/mol. The Bertz CT molecular complexity index is 822. The molecule has 0 aliphatic carbocycles. The maximum absolute atomic E-state index is 13.0. The van der Waals surface area contributed by atoms with Gasteiger partial charge in [-0.3, -0.25) is 9.59 Å². The largest absolute Gasteiger partial charge is 0.418 e. The molecular weight excluding hydrogens is 369 g/mol. The zero-order valence-electron chi connectivity index (χ0n) is 13.8. The zero-order valence-corrected chi connectivity index (χ0v) is 14.5. The van der Waals surface area contributed by atoms with Crippen LogP contribution in [0.25, 0.3) is 0 Å². The van der Waals surface area contributed by atoms with Gasteiger partial charge in [-0.05, 0) is 36.2 Å². The number of anilines is 1. The van der Waals surface area contributed by atoms with Crippen LogP contribution >= 0.6 is 11.6 Å². The van der Waals surface area contributed by atoms with E-state index in [1.807, 2.05) is 31.2 Å². The van der Waals surface area contributed by atoms with Gasteiger partial charge in [0.25, 0.3) is 0 Å². The molecule has 138 valence electrons. The molecule has 0 radical (unpaired) electrons. The van der Waals surface area contributed by atoms with E-state index in [0.29, 0.717) is 0 Å². The van der Waals surface area contributed by atoms with Crippen molar-refractivity contribution in [2.75, 3.05) is 5.32 Å². The Morgan fingerprint density at radius 1 is 1.08 bits per heavy atom. The molecule has 0 bridgehead atoms. The van der Waals surface area contributed by atoms with Gasteiger partial charge in [0.1, 0.15) is 6.42 Å². The smallest absolute Gasteiger partial charge is 0.352 e. The van der Waals surface area contributed by atoms with E-state index in [9.17, 15) is 22.8 Å². The second-order valence-corrected chi connectivity index (χ2v) is 6.05. The van der Waals surface area contributed by atoms with E-state index in [1.165, 1.54) is 6.07 Å². The minimum absolute atomic E-state index is 0.105. The molecule has 0 atom stereocenters. The lowest BCUT2D eigenvalue weighted by molar-refractivity contribution is -0.137. The van der Waals surface area contributed by atoms with Gasteiger partial charge in [0, 0.05) is 11.6 Å². The molecule has 0 saturated heterocycles. The average molecular weight is 385 g/mol. The van der Waals surface area contributed by atoms with Crippen LogP contribution in [-0.2, 0) is 22.3 Å². The molecule has 0 fully saturated rings. The number of halogens is 4. The van der Waals surface area contributed by atoms with Gasteiger partial charge >= 0.3 is 6.18 Å². The van der Waals surface area contributed by atoms with Crippen LogP contribution in [0.4, 0.5) is 18.9 Å². The second kappa shape index (κ2) is 8.23. The minimum atomic E-state index is -4.68. The number of hydrogen-bond acceptors (Lipinski definition) is 2. The Labute approximate surface area is 153 Å². The van der Waals surface area contributed by atoms with Crippen LogP contribution < -0.4 is 10.6 Å². The highest BCUT2D eigenvalue weighted by molar-refractivity contribution is 6.30. The van der Waals surface area contributed by atoms with E-state index < -0.39 is 35.7 Å². The number of benzene rings is 2. The molecular formula is C18H16ClF3N2O2. The first-order valence-corrected chi connectivity index (χ1v) is 8.02. The third-order valence-corrected chi connectivity index (χ3v) is 3.85. The molecule has 0 aliphatic heterocycles. The fourth-order valence-electron chi connectivity index (χ4n) is 2.26. The zero-order chi connectivity index (χ0) is 19.3. The molecule has 4 nitrogen and oxygen atoms in total. The number of hydrogen-bond donors (Lipinski definition) is 2. The van der Waals surface area contributed by atoms with Crippen molar-refractivity contribution in [1.82, 2.24) is 5.32 Å². The summed E-state index contributed by atoms with van der Waals surface area (Å²) in [6.07, 6.45) is -5.27. The van der Waals surface area contributed by atoms with Gasteiger partial charge in [-0.1, -0.05) is 35.9 Å². The standard InChI is InChI=1S/C18H16ClF3N2O2/c1-11-4-2-3-5-12(11)10-23-16(25)9-17(26)24-15-7-6-13(19)8-14(15)18(20,21)22/h2-8H,9-10H2,1H3,(H,23,25)(H,24,26). The summed E-state index contributed by atoms with van der Waals surface area (Å²) >= 11 is 5.58. The third kappa shape index (κ3) is 5.49. The Morgan fingerprint density at radius 2 is 1.77 bits per heavy atom. The van der Waals surface area contributed by atoms with Gasteiger partial charge in [0.05, 0.1) is 11.3 Å². The SMILES string of the molecule is Cc1ccccc1CNC(=O)CC(=O)Nc1ccc(Cl)cc1C(F)(F)F. The van der Waals surface area contributed by atoms with Crippen molar-refractivity contribution in [3.05, 3.63) is 64.2 Å². The summed E-state index contributed by atoms with van der Waals surface area (Å²) in [4.78, 5) is 23.7. The van der Waals surface area contributed by atoms with Crippen LogP contribution in [0, 0.1) is 6.92 Å². The fraction of sp³-hybridized carbons (Fsp3) is 0.222. The fourth-order valence-corrected chi connectivity index (χ4v) is 2.44. The maximum atomic E-state index is 13.0. The normalized spacial score (nSPS) is 11.1. The summed E-state index contributed by atoms with van der Waals surface area (Å²) in [7, 11) is 0. The van der Waals surface area contributed by atoms with Gasteiger partial charge < -0.3 is 10.6 Å². The third-order valence-electron chi connectivity index (χ3n) is 3.62. The van der Waals surface area contributed by atoms with Crippen molar-refractivity contribution in [2.45, 2.75) is 26.1 Å². The molecule has 2 aromatic carbocycles.